The van der Waals surface area contributed by atoms with Gasteiger partial charge in [0, 0.05) is 18.3 Å². The topological polar surface area (TPSA) is 66.6 Å². The minimum atomic E-state index is -0.383. The van der Waals surface area contributed by atoms with Crippen molar-refractivity contribution < 1.29 is 10.0 Å². The van der Waals surface area contributed by atoms with E-state index in [0.717, 1.165) is 25.1 Å². The molecule has 0 fully saturated rings. The van der Waals surface area contributed by atoms with Crippen LogP contribution >= 0.6 is 0 Å². The van der Waals surface area contributed by atoms with Crippen LogP contribution in [-0.2, 0) is 13.0 Å². The summed E-state index contributed by atoms with van der Waals surface area (Å²) in [5, 5.41) is 20.5. The minimum absolute atomic E-state index is 0.0400. The number of nitrogens with zero attached hydrogens (tertiary/aromatic N) is 2. The van der Waals surface area contributed by atoms with Crippen molar-refractivity contribution in [2.24, 2.45) is 0 Å². The number of nitro benzene ring substituents is 1. The van der Waals surface area contributed by atoms with Crippen molar-refractivity contribution in [3.05, 3.63) is 63.7 Å². The lowest BCUT2D eigenvalue weighted by Crippen LogP contribution is -2.25. The summed E-state index contributed by atoms with van der Waals surface area (Å²) in [5.74, 6) is 0. The SMILES string of the molecule is O=[N+]([O-])c1cc(CO)ccc1N1CCCc2ccccc21. The molecule has 0 spiro atoms. The van der Waals surface area contributed by atoms with E-state index in [1.54, 1.807) is 12.1 Å². The van der Waals surface area contributed by atoms with Crippen LogP contribution in [0.25, 0.3) is 0 Å². The van der Waals surface area contributed by atoms with Crippen LogP contribution in [0.1, 0.15) is 17.5 Å². The van der Waals surface area contributed by atoms with Crippen molar-refractivity contribution in [3.63, 3.8) is 0 Å². The normalized spacial score (nSPS) is 13.9. The van der Waals surface area contributed by atoms with Crippen LogP contribution in [0.4, 0.5) is 17.1 Å². The molecule has 5 nitrogen and oxygen atoms in total. The molecule has 0 aliphatic carbocycles. The Kier molecular flexibility index (Phi) is 3.58. The van der Waals surface area contributed by atoms with Gasteiger partial charge in [0.15, 0.2) is 0 Å². The molecule has 0 amide bonds. The Morgan fingerprint density at radius 2 is 2.00 bits per heavy atom. The fraction of sp³-hybridized carbons (Fsp3) is 0.250. The van der Waals surface area contributed by atoms with Crippen molar-refractivity contribution in [1.29, 1.82) is 0 Å². The van der Waals surface area contributed by atoms with Gasteiger partial charge in [-0.2, -0.15) is 0 Å². The average molecular weight is 284 g/mol. The summed E-state index contributed by atoms with van der Waals surface area (Å²) in [6.45, 7) is 0.564. The quantitative estimate of drug-likeness (QED) is 0.694. The minimum Gasteiger partial charge on any atom is -0.392 e. The molecule has 21 heavy (non-hydrogen) atoms. The first-order valence-corrected chi connectivity index (χ1v) is 6.94. The molecule has 0 aromatic heterocycles. The molecule has 1 N–H and O–H groups in total. The molecule has 3 rings (SSSR count). The van der Waals surface area contributed by atoms with E-state index in [1.807, 2.05) is 23.1 Å². The largest absolute Gasteiger partial charge is 0.392 e. The molecule has 0 bridgehead atoms. The van der Waals surface area contributed by atoms with Gasteiger partial charge in [0.05, 0.1) is 11.5 Å². The second-order valence-electron chi connectivity index (χ2n) is 5.12. The first kappa shape index (κ1) is 13.6. The van der Waals surface area contributed by atoms with Crippen LogP contribution < -0.4 is 4.90 Å². The van der Waals surface area contributed by atoms with Crippen molar-refractivity contribution in [2.45, 2.75) is 19.4 Å². The molecule has 2 aromatic rings. The number of rotatable bonds is 3. The number of hydrogen-bond acceptors (Lipinski definition) is 4. The van der Waals surface area contributed by atoms with Crippen LogP contribution in [0, 0.1) is 10.1 Å². The van der Waals surface area contributed by atoms with Crippen LogP contribution in [0.15, 0.2) is 42.5 Å². The van der Waals surface area contributed by atoms with E-state index in [4.69, 9.17) is 5.11 Å². The summed E-state index contributed by atoms with van der Waals surface area (Å²) in [5.41, 5.74) is 3.42. The fourth-order valence-corrected chi connectivity index (χ4v) is 2.83. The van der Waals surface area contributed by atoms with Gasteiger partial charge < -0.3 is 10.0 Å². The predicted octanol–water partition coefficient (Wildman–Crippen LogP) is 3.17. The smallest absolute Gasteiger partial charge is 0.293 e. The highest BCUT2D eigenvalue weighted by molar-refractivity contribution is 5.75. The van der Waals surface area contributed by atoms with Crippen LogP contribution in [0.2, 0.25) is 0 Å². The summed E-state index contributed by atoms with van der Waals surface area (Å²) < 4.78 is 0. The Morgan fingerprint density at radius 1 is 1.19 bits per heavy atom. The molecule has 2 aromatic carbocycles. The van der Waals surface area contributed by atoms with Crippen molar-refractivity contribution >= 4 is 17.1 Å². The zero-order chi connectivity index (χ0) is 14.8. The average Bonchev–Trinajstić information content (AvgIpc) is 2.53. The summed E-state index contributed by atoms with van der Waals surface area (Å²) >= 11 is 0. The molecule has 5 heteroatoms. The number of aliphatic hydroxyl groups excluding tert-OH is 1. The summed E-state index contributed by atoms with van der Waals surface area (Å²) in [6, 6.07) is 12.9. The van der Waals surface area contributed by atoms with E-state index in [1.165, 1.54) is 11.6 Å². The molecule has 0 saturated heterocycles. The van der Waals surface area contributed by atoms with Crippen LogP contribution in [0.3, 0.4) is 0 Å². The Balaban J connectivity index is 2.11. The first-order valence-electron chi connectivity index (χ1n) is 6.94. The van der Waals surface area contributed by atoms with E-state index < -0.39 is 0 Å². The second-order valence-corrected chi connectivity index (χ2v) is 5.12. The highest BCUT2D eigenvalue weighted by Gasteiger charge is 2.24. The molecule has 0 atom stereocenters. The number of fused-ring (bicyclic) bond motifs is 1. The molecule has 0 unspecified atom stereocenters. The van der Waals surface area contributed by atoms with Gasteiger partial charge in [-0.15, -0.1) is 0 Å². The maximum absolute atomic E-state index is 11.3. The number of aliphatic hydroxyl groups is 1. The van der Waals surface area contributed by atoms with E-state index in [0.29, 0.717) is 11.3 Å². The number of anilines is 2. The molecule has 1 aliphatic heterocycles. The highest BCUT2D eigenvalue weighted by Crippen LogP contribution is 2.38. The van der Waals surface area contributed by atoms with Gasteiger partial charge in [0.1, 0.15) is 5.69 Å². The zero-order valence-electron chi connectivity index (χ0n) is 11.5. The van der Waals surface area contributed by atoms with Gasteiger partial charge in [0.2, 0.25) is 0 Å². The van der Waals surface area contributed by atoms with E-state index >= 15 is 0 Å². The molecular formula is C16H16N2O3. The fourth-order valence-electron chi connectivity index (χ4n) is 2.83. The zero-order valence-corrected chi connectivity index (χ0v) is 11.5. The maximum Gasteiger partial charge on any atom is 0.293 e. The number of aryl methyl sites for hydroxylation is 1. The van der Waals surface area contributed by atoms with E-state index in [2.05, 4.69) is 6.07 Å². The molecule has 0 radical (unpaired) electrons. The van der Waals surface area contributed by atoms with Crippen LogP contribution in [0.5, 0.6) is 0 Å². The first-order chi connectivity index (χ1) is 10.2. The molecule has 1 aliphatic rings. The Morgan fingerprint density at radius 3 is 2.76 bits per heavy atom. The lowest BCUT2D eigenvalue weighted by molar-refractivity contribution is -0.384. The van der Waals surface area contributed by atoms with Gasteiger partial charge in [-0.25, -0.2) is 0 Å². The third-order valence-corrected chi connectivity index (χ3v) is 3.82. The van der Waals surface area contributed by atoms with Gasteiger partial charge in [-0.1, -0.05) is 24.3 Å². The summed E-state index contributed by atoms with van der Waals surface area (Å²) in [4.78, 5) is 13.0. The standard InChI is InChI=1S/C16H16N2O3/c19-11-12-7-8-15(16(10-12)18(20)21)17-9-3-5-13-4-1-2-6-14(13)17/h1-2,4,6-8,10,19H,3,5,9,11H2. The number of para-hydroxylation sites is 1. The lowest BCUT2D eigenvalue weighted by atomic mass is 10.0. The number of hydrogen-bond donors (Lipinski definition) is 1. The highest BCUT2D eigenvalue weighted by atomic mass is 16.6. The lowest BCUT2D eigenvalue weighted by Gasteiger charge is -2.31. The Bertz CT molecular complexity index is 685. The number of benzene rings is 2. The molecule has 0 saturated carbocycles. The van der Waals surface area contributed by atoms with Gasteiger partial charge in [0.25, 0.3) is 5.69 Å². The van der Waals surface area contributed by atoms with Crippen molar-refractivity contribution in [3.8, 4) is 0 Å². The maximum atomic E-state index is 11.3. The van der Waals surface area contributed by atoms with Crippen molar-refractivity contribution in [2.75, 3.05) is 11.4 Å². The monoisotopic (exact) mass is 284 g/mol. The van der Waals surface area contributed by atoms with E-state index in [9.17, 15) is 10.1 Å². The van der Waals surface area contributed by atoms with Gasteiger partial charge in [-0.3, -0.25) is 10.1 Å². The Labute approximate surface area is 122 Å². The summed E-state index contributed by atoms with van der Waals surface area (Å²) in [7, 11) is 0. The molecule has 108 valence electrons. The third-order valence-electron chi connectivity index (χ3n) is 3.82. The van der Waals surface area contributed by atoms with Gasteiger partial charge in [-0.05, 0) is 36.1 Å². The summed E-state index contributed by atoms with van der Waals surface area (Å²) in [6.07, 6.45) is 1.96. The van der Waals surface area contributed by atoms with E-state index in [-0.39, 0.29) is 17.2 Å². The van der Waals surface area contributed by atoms with Gasteiger partial charge >= 0.3 is 0 Å². The number of nitro groups is 1. The molecule has 1 heterocycles. The second kappa shape index (κ2) is 5.54. The van der Waals surface area contributed by atoms with Crippen LogP contribution in [-0.4, -0.2) is 16.6 Å². The van der Waals surface area contributed by atoms with Crippen molar-refractivity contribution in [1.82, 2.24) is 0 Å². The third kappa shape index (κ3) is 2.48. The molecular weight excluding hydrogens is 268 g/mol. The Hall–Kier alpha value is -2.40. The predicted molar refractivity (Wildman–Crippen MR) is 80.8 cm³/mol.